The average Bonchev–Trinajstić information content (AvgIpc) is 2.61. The second-order valence-corrected chi connectivity index (χ2v) is 4.22. The Bertz CT molecular complexity index is 412. The Hall–Kier alpha value is -1.38. The van der Waals surface area contributed by atoms with Crippen molar-refractivity contribution in [2.24, 2.45) is 5.92 Å². The molecular formula is C13H14F2O. The number of halogens is 2. The minimum Gasteiger partial charge on any atom is -0.435 e. The molecule has 0 N–H and O–H groups in total. The molecule has 0 spiro atoms. The standard InChI is InChI=1S/C13H14F2O/c1-8(2)10-6-9-4-3-5-12(11(9)7-10)16-13(14)15/h3-5,10,13H,1,6-7H2,2H3. The maximum absolute atomic E-state index is 12.2. The van der Waals surface area contributed by atoms with Gasteiger partial charge in [0.05, 0.1) is 0 Å². The largest absolute Gasteiger partial charge is 0.435 e. The van der Waals surface area contributed by atoms with Gasteiger partial charge in [0.25, 0.3) is 0 Å². The quantitative estimate of drug-likeness (QED) is 0.713. The first kappa shape index (κ1) is 11.1. The van der Waals surface area contributed by atoms with E-state index >= 15 is 0 Å². The van der Waals surface area contributed by atoms with Crippen molar-refractivity contribution in [2.75, 3.05) is 0 Å². The zero-order valence-electron chi connectivity index (χ0n) is 9.17. The second kappa shape index (κ2) is 4.24. The summed E-state index contributed by atoms with van der Waals surface area (Å²) in [7, 11) is 0. The van der Waals surface area contributed by atoms with E-state index in [4.69, 9.17) is 0 Å². The van der Waals surface area contributed by atoms with Gasteiger partial charge in [0.2, 0.25) is 0 Å². The summed E-state index contributed by atoms with van der Waals surface area (Å²) in [5.74, 6) is 0.675. The van der Waals surface area contributed by atoms with Gasteiger partial charge in [-0.25, -0.2) is 0 Å². The van der Waals surface area contributed by atoms with E-state index in [9.17, 15) is 8.78 Å². The smallest absolute Gasteiger partial charge is 0.387 e. The monoisotopic (exact) mass is 224 g/mol. The van der Waals surface area contributed by atoms with Gasteiger partial charge in [-0.05, 0) is 42.9 Å². The van der Waals surface area contributed by atoms with Crippen LogP contribution in [0.15, 0.2) is 30.4 Å². The third kappa shape index (κ3) is 2.08. The lowest BCUT2D eigenvalue weighted by atomic mass is 9.99. The van der Waals surface area contributed by atoms with E-state index in [1.54, 1.807) is 12.1 Å². The van der Waals surface area contributed by atoms with Gasteiger partial charge in [-0.3, -0.25) is 0 Å². The van der Waals surface area contributed by atoms with E-state index in [2.05, 4.69) is 11.3 Å². The Morgan fingerprint density at radius 2 is 2.19 bits per heavy atom. The molecule has 0 aromatic heterocycles. The highest BCUT2D eigenvalue weighted by atomic mass is 19.3. The lowest BCUT2D eigenvalue weighted by Crippen LogP contribution is -2.04. The van der Waals surface area contributed by atoms with Crippen LogP contribution in [0.2, 0.25) is 0 Å². The van der Waals surface area contributed by atoms with Crippen molar-refractivity contribution in [1.29, 1.82) is 0 Å². The van der Waals surface area contributed by atoms with E-state index in [-0.39, 0.29) is 0 Å². The second-order valence-electron chi connectivity index (χ2n) is 4.22. The Kier molecular flexibility index (Phi) is 2.95. The molecule has 1 unspecified atom stereocenters. The van der Waals surface area contributed by atoms with Crippen LogP contribution in [0.25, 0.3) is 0 Å². The molecule has 1 aromatic carbocycles. The molecule has 0 bridgehead atoms. The molecule has 0 amide bonds. The molecule has 16 heavy (non-hydrogen) atoms. The van der Waals surface area contributed by atoms with Gasteiger partial charge in [0.1, 0.15) is 5.75 Å². The predicted octanol–water partition coefficient (Wildman–Crippen LogP) is 3.58. The van der Waals surface area contributed by atoms with Crippen molar-refractivity contribution in [3.05, 3.63) is 41.5 Å². The Morgan fingerprint density at radius 1 is 1.44 bits per heavy atom. The van der Waals surface area contributed by atoms with Crippen LogP contribution in [0, 0.1) is 5.92 Å². The molecule has 1 aliphatic rings. The summed E-state index contributed by atoms with van der Waals surface area (Å²) in [5.41, 5.74) is 3.11. The minimum absolute atomic E-state index is 0.316. The zero-order chi connectivity index (χ0) is 11.7. The van der Waals surface area contributed by atoms with E-state index in [1.165, 1.54) is 0 Å². The summed E-state index contributed by atoms with van der Waals surface area (Å²) in [6.45, 7) is 3.14. The molecule has 0 heterocycles. The van der Waals surface area contributed by atoms with Gasteiger partial charge >= 0.3 is 6.61 Å². The summed E-state index contributed by atoms with van der Waals surface area (Å²) >= 11 is 0. The van der Waals surface area contributed by atoms with Crippen molar-refractivity contribution >= 4 is 0 Å². The van der Waals surface area contributed by atoms with E-state index in [0.717, 1.165) is 29.5 Å². The normalized spacial score (nSPS) is 18.6. The SMILES string of the molecule is C=C(C)C1Cc2cccc(OC(F)F)c2C1. The van der Waals surface area contributed by atoms with Gasteiger partial charge in [-0.15, -0.1) is 0 Å². The highest BCUT2D eigenvalue weighted by molar-refractivity contribution is 5.45. The van der Waals surface area contributed by atoms with Crippen LogP contribution in [0.3, 0.4) is 0 Å². The van der Waals surface area contributed by atoms with Crippen molar-refractivity contribution in [3.63, 3.8) is 0 Å². The summed E-state index contributed by atoms with van der Waals surface area (Å²) in [5, 5.41) is 0. The summed E-state index contributed by atoms with van der Waals surface area (Å²) < 4.78 is 28.9. The molecule has 1 aliphatic carbocycles. The third-order valence-corrected chi connectivity index (χ3v) is 3.06. The van der Waals surface area contributed by atoms with Crippen molar-refractivity contribution < 1.29 is 13.5 Å². The molecule has 1 aromatic rings. The molecule has 2 rings (SSSR count). The number of fused-ring (bicyclic) bond motifs is 1. The first-order valence-corrected chi connectivity index (χ1v) is 5.29. The predicted molar refractivity (Wildman–Crippen MR) is 58.8 cm³/mol. The van der Waals surface area contributed by atoms with Crippen LogP contribution in [-0.4, -0.2) is 6.61 Å². The van der Waals surface area contributed by atoms with Crippen LogP contribution in [0.5, 0.6) is 5.75 Å². The number of benzene rings is 1. The molecule has 86 valence electrons. The number of hydrogen-bond donors (Lipinski definition) is 0. The van der Waals surface area contributed by atoms with Crippen LogP contribution in [-0.2, 0) is 12.8 Å². The van der Waals surface area contributed by atoms with Gasteiger partial charge in [0.15, 0.2) is 0 Å². The minimum atomic E-state index is -2.75. The van der Waals surface area contributed by atoms with E-state index < -0.39 is 6.61 Å². The van der Waals surface area contributed by atoms with Gasteiger partial charge < -0.3 is 4.74 Å². The van der Waals surface area contributed by atoms with Crippen molar-refractivity contribution in [1.82, 2.24) is 0 Å². The van der Waals surface area contributed by atoms with Gasteiger partial charge in [-0.1, -0.05) is 24.3 Å². The number of allylic oxidation sites excluding steroid dienone is 1. The Morgan fingerprint density at radius 3 is 2.81 bits per heavy atom. The fourth-order valence-corrected chi connectivity index (χ4v) is 2.17. The summed E-state index contributed by atoms with van der Waals surface area (Å²) in [6.07, 6.45) is 1.64. The van der Waals surface area contributed by atoms with Gasteiger partial charge in [0, 0.05) is 0 Å². The molecule has 0 fully saturated rings. The Labute approximate surface area is 93.7 Å². The lowest BCUT2D eigenvalue weighted by molar-refractivity contribution is -0.0504. The van der Waals surface area contributed by atoms with E-state index in [1.807, 2.05) is 13.0 Å². The highest BCUT2D eigenvalue weighted by Gasteiger charge is 2.25. The van der Waals surface area contributed by atoms with Crippen LogP contribution < -0.4 is 4.74 Å². The lowest BCUT2D eigenvalue weighted by Gasteiger charge is -2.09. The van der Waals surface area contributed by atoms with Crippen LogP contribution in [0.1, 0.15) is 18.1 Å². The number of rotatable bonds is 3. The van der Waals surface area contributed by atoms with Gasteiger partial charge in [-0.2, -0.15) is 8.78 Å². The zero-order valence-corrected chi connectivity index (χ0v) is 9.17. The number of ether oxygens (including phenoxy) is 1. The molecule has 0 radical (unpaired) electrons. The highest BCUT2D eigenvalue weighted by Crippen LogP contribution is 2.36. The maximum atomic E-state index is 12.2. The summed E-state index contributed by atoms with van der Waals surface area (Å²) in [6, 6.07) is 5.33. The Balaban J connectivity index is 2.27. The maximum Gasteiger partial charge on any atom is 0.387 e. The van der Waals surface area contributed by atoms with Crippen molar-refractivity contribution in [3.8, 4) is 5.75 Å². The topological polar surface area (TPSA) is 9.23 Å². The first-order chi connectivity index (χ1) is 7.58. The molecular weight excluding hydrogens is 210 g/mol. The molecule has 3 heteroatoms. The first-order valence-electron chi connectivity index (χ1n) is 5.29. The fraction of sp³-hybridized carbons (Fsp3) is 0.385. The third-order valence-electron chi connectivity index (χ3n) is 3.06. The molecule has 1 nitrogen and oxygen atoms in total. The van der Waals surface area contributed by atoms with E-state index in [0.29, 0.717) is 11.7 Å². The molecule has 0 saturated heterocycles. The molecule has 0 aliphatic heterocycles. The number of hydrogen-bond acceptors (Lipinski definition) is 1. The summed E-state index contributed by atoms with van der Waals surface area (Å²) in [4.78, 5) is 0. The van der Waals surface area contributed by atoms with Crippen LogP contribution in [0.4, 0.5) is 8.78 Å². The number of alkyl halides is 2. The fourth-order valence-electron chi connectivity index (χ4n) is 2.17. The molecule has 0 saturated carbocycles. The molecule has 1 atom stereocenters. The van der Waals surface area contributed by atoms with Crippen LogP contribution >= 0.6 is 0 Å². The average molecular weight is 224 g/mol. The van der Waals surface area contributed by atoms with Crippen molar-refractivity contribution in [2.45, 2.75) is 26.4 Å².